The molecular weight excluding hydrogens is 346 g/mol. The van der Waals surface area contributed by atoms with Crippen LogP contribution in [-0.4, -0.2) is 60.8 Å². The van der Waals surface area contributed by atoms with Crippen LogP contribution in [0.5, 0.6) is 6.01 Å². The minimum absolute atomic E-state index is 0.0645. The van der Waals surface area contributed by atoms with Crippen LogP contribution in [0.3, 0.4) is 0 Å². The Hall–Kier alpha value is -2.71. The Balaban J connectivity index is 1.74. The highest BCUT2D eigenvalue weighted by Gasteiger charge is 2.15. The zero-order chi connectivity index (χ0) is 18.9. The number of hydrogen-bond acceptors (Lipinski definition) is 8. The molecule has 3 rings (SSSR count). The number of anilines is 2. The molecule has 0 bridgehead atoms. The average Bonchev–Trinajstić information content (AvgIpc) is 2.69. The highest BCUT2D eigenvalue weighted by molar-refractivity contribution is 5.80. The molecule has 2 N–H and O–H groups in total. The number of hydrazone groups is 1. The first-order chi connectivity index (χ1) is 13.2. The molecule has 0 unspecified atom stereocenters. The van der Waals surface area contributed by atoms with Crippen molar-refractivity contribution in [1.82, 2.24) is 9.97 Å². The third kappa shape index (κ3) is 5.90. The lowest BCUT2D eigenvalue weighted by molar-refractivity contribution is 0.122. The van der Waals surface area contributed by atoms with Crippen molar-refractivity contribution in [3.05, 3.63) is 41.5 Å². The topological polar surface area (TPSA) is 92.1 Å². The highest BCUT2D eigenvalue weighted by Crippen LogP contribution is 2.20. The Bertz CT molecular complexity index is 763. The van der Waals surface area contributed by atoms with E-state index >= 15 is 0 Å². The van der Waals surface area contributed by atoms with Gasteiger partial charge in [0.25, 0.3) is 0 Å². The number of benzene rings is 1. The Morgan fingerprint density at radius 2 is 2.15 bits per heavy atom. The van der Waals surface area contributed by atoms with Gasteiger partial charge in [0.2, 0.25) is 0 Å². The van der Waals surface area contributed by atoms with E-state index < -0.39 is 0 Å². The van der Waals surface area contributed by atoms with E-state index in [1.165, 1.54) is 5.56 Å². The largest absolute Gasteiger partial charge is 0.463 e. The summed E-state index contributed by atoms with van der Waals surface area (Å²) in [5, 5.41) is 13.2. The van der Waals surface area contributed by atoms with Gasteiger partial charge in [-0.15, -0.1) is 0 Å². The van der Waals surface area contributed by atoms with Crippen molar-refractivity contribution in [2.75, 3.05) is 49.8 Å². The molecule has 8 heteroatoms. The van der Waals surface area contributed by atoms with E-state index in [0.29, 0.717) is 32.1 Å². The highest BCUT2D eigenvalue weighted by atomic mass is 16.5. The van der Waals surface area contributed by atoms with E-state index in [1.54, 1.807) is 6.21 Å². The Morgan fingerprint density at radius 1 is 1.30 bits per heavy atom. The summed E-state index contributed by atoms with van der Waals surface area (Å²) in [5.74, 6) is 1.31. The fourth-order valence-corrected chi connectivity index (χ4v) is 2.64. The molecule has 0 spiro atoms. The normalized spacial score (nSPS) is 14.5. The van der Waals surface area contributed by atoms with Crippen LogP contribution in [0.2, 0.25) is 0 Å². The molecule has 8 nitrogen and oxygen atoms in total. The van der Waals surface area contributed by atoms with Gasteiger partial charge in [-0.2, -0.15) is 15.1 Å². The summed E-state index contributed by atoms with van der Waals surface area (Å²) in [6.45, 7) is 5.32. The van der Waals surface area contributed by atoms with Crippen molar-refractivity contribution in [2.24, 2.45) is 5.10 Å². The molecule has 0 saturated carbocycles. The third-order valence-electron chi connectivity index (χ3n) is 4.00. The summed E-state index contributed by atoms with van der Waals surface area (Å²) in [7, 11) is 0. The van der Waals surface area contributed by atoms with E-state index in [0.717, 1.165) is 24.5 Å². The smallest absolute Gasteiger partial charge is 0.320 e. The molecule has 0 radical (unpaired) electrons. The Kier molecular flexibility index (Phi) is 6.95. The molecule has 1 saturated heterocycles. The van der Waals surface area contributed by atoms with Crippen molar-refractivity contribution in [1.29, 1.82) is 0 Å². The molecule has 2 aromatic rings. The van der Waals surface area contributed by atoms with Gasteiger partial charge >= 0.3 is 6.01 Å². The van der Waals surface area contributed by atoms with Gasteiger partial charge < -0.3 is 19.5 Å². The van der Waals surface area contributed by atoms with Gasteiger partial charge in [0.1, 0.15) is 5.82 Å². The first kappa shape index (κ1) is 19.1. The Morgan fingerprint density at radius 3 is 2.93 bits per heavy atom. The monoisotopic (exact) mass is 371 g/mol. The Labute approximate surface area is 158 Å². The summed E-state index contributed by atoms with van der Waals surface area (Å²) in [6, 6.07) is 10.2. The van der Waals surface area contributed by atoms with Crippen LogP contribution in [0.25, 0.3) is 0 Å². The van der Waals surface area contributed by atoms with E-state index in [2.05, 4.69) is 25.4 Å². The van der Waals surface area contributed by atoms with Gasteiger partial charge in [0.15, 0.2) is 5.82 Å². The molecule has 27 heavy (non-hydrogen) atoms. The standard InChI is InChI=1S/C19H25N5O3/c1-15-4-2-5-16(12-15)14-20-23-17-13-18(24-6-10-26-11-7-24)22-19(21-17)27-9-3-8-25/h2,4-5,12-14,25H,3,6-11H2,1H3,(H,21,22,23)/b20-14+. The number of nitrogens with zero attached hydrogens (tertiary/aromatic N) is 4. The number of rotatable bonds is 8. The zero-order valence-corrected chi connectivity index (χ0v) is 15.5. The number of aliphatic hydroxyl groups is 1. The molecule has 1 fully saturated rings. The lowest BCUT2D eigenvalue weighted by atomic mass is 10.2. The first-order valence-electron chi connectivity index (χ1n) is 9.06. The molecule has 144 valence electrons. The molecule has 1 aromatic carbocycles. The number of ether oxygens (including phenoxy) is 2. The number of nitrogens with one attached hydrogen (secondary N) is 1. The molecule has 0 aliphatic carbocycles. The van der Waals surface area contributed by atoms with Crippen molar-refractivity contribution < 1.29 is 14.6 Å². The maximum absolute atomic E-state index is 8.93. The van der Waals surface area contributed by atoms with E-state index in [1.807, 2.05) is 37.3 Å². The second kappa shape index (κ2) is 9.84. The van der Waals surface area contributed by atoms with Gasteiger partial charge in [0.05, 0.1) is 26.0 Å². The van der Waals surface area contributed by atoms with Crippen LogP contribution in [-0.2, 0) is 4.74 Å². The molecule has 0 amide bonds. The van der Waals surface area contributed by atoms with Crippen LogP contribution < -0.4 is 15.1 Å². The van der Waals surface area contributed by atoms with E-state index in [4.69, 9.17) is 14.6 Å². The van der Waals surface area contributed by atoms with E-state index in [-0.39, 0.29) is 12.6 Å². The van der Waals surface area contributed by atoms with Crippen LogP contribution in [0.4, 0.5) is 11.6 Å². The third-order valence-corrected chi connectivity index (χ3v) is 4.00. The fraction of sp³-hybridized carbons (Fsp3) is 0.421. The van der Waals surface area contributed by atoms with Gasteiger partial charge in [-0.3, -0.25) is 5.43 Å². The number of aromatic nitrogens is 2. The van der Waals surface area contributed by atoms with Crippen LogP contribution in [0, 0.1) is 6.92 Å². The van der Waals surface area contributed by atoms with Gasteiger partial charge in [-0.25, -0.2) is 0 Å². The molecular formula is C19H25N5O3. The molecule has 0 atom stereocenters. The predicted molar refractivity (Wildman–Crippen MR) is 105 cm³/mol. The second-order valence-electron chi connectivity index (χ2n) is 6.20. The van der Waals surface area contributed by atoms with Gasteiger partial charge in [-0.1, -0.05) is 29.8 Å². The summed E-state index contributed by atoms with van der Waals surface area (Å²) in [5.41, 5.74) is 5.13. The molecule has 1 aromatic heterocycles. The zero-order valence-electron chi connectivity index (χ0n) is 15.5. The van der Waals surface area contributed by atoms with Crippen molar-refractivity contribution in [2.45, 2.75) is 13.3 Å². The average molecular weight is 371 g/mol. The summed E-state index contributed by atoms with van der Waals surface area (Å²) >= 11 is 0. The predicted octanol–water partition coefficient (Wildman–Crippen LogP) is 1.83. The van der Waals surface area contributed by atoms with Crippen LogP contribution in [0.1, 0.15) is 17.5 Å². The van der Waals surface area contributed by atoms with Gasteiger partial charge in [-0.05, 0) is 12.5 Å². The van der Waals surface area contributed by atoms with Crippen LogP contribution >= 0.6 is 0 Å². The van der Waals surface area contributed by atoms with Crippen molar-refractivity contribution in [3.8, 4) is 6.01 Å². The second-order valence-corrected chi connectivity index (χ2v) is 6.20. The maximum Gasteiger partial charge on any atom is 0.320 e. The molecule has 1 aliphatic rings. The van der Waals surface area contributed by atoms with Gasteiger partial charge in [0, 0.05) is 32.2 Å². The van der Waals surface area contributed by atoms with Crippen LogP contribution in [0.15, 0.2) is 35.4 Å². The minimum Gasteiger partial charge on any atom is -0.463 e. The quantitative estimate of drug-likeness (QED) is 0.415. The minimum atomic E-state index is 0.0645. The molecule has 2 heterocycles. The summed E-state index contributed by atoms with van der Waals surface area (Å²) in [4.78, 5) is 10.9. The SMILES string of the molecule is Cc1cccc(/C=N/Nc2cc(N3CCOCC3)nc(OCCCO)n2)c1. The number of aliphatic hydroxyl groups excluding tert-OH is 1. The summed E-state index contributed by atoms with van der Waals surface area (Å²) < 4.78 is 11.0. The lowest BCUT2D eigenvalue weighted by Gasteiger charge is -2.28. The number of aryl methyl sites for hydroxylation is 1. The van der Waals surface area contributed by atoms with Crippen molar-refractivity contribution >= 4 is 17.9 Å². The lowest BCUT2D eigenvalue weighted by Crippen LogP contribution is -2.36. The fourth-order valence-electron chi connectivity index (χ4n) is 2.64. The van der Waals surface area contributed by atoms with E-state index in [9.17, 15) is 0 Å². The first-order valence-corrected chi connectivity index (χ1v) is 9.06. The number of hydrogen-bond donors (Lipinski definition) is 2. The molecule has 1 aliphatic heterocycles. The summed E-state index contributed by atoms with van der Waals surface area (Å²) in [6.07, 6.45) is 2.27. The number of morpholine rings is 1. The maximum atomic E-state index is 8.93. The van der Waals surface area contributed by atoms with Crippen molar-refractivity contribution in [3.63, 3.8) is 0 Å².